The largest absolute Gasteiger partial charge is 0.423 e. The highest BCUT2D eigenvalue weighted by molar-refractivity contribution is 9.10. The molecule has 162 valence electrons. The summed E-state index contributed by atoms with van der Waals surface area (Å²) in [4.78, 5) is 36.1. The predicted octanol–water partition coefficient (Wildman–Crippen LogP) is 4.31. The SMILES string of the molecule is O=C(CNC(=O)c1ccccc1Br)N/N=C/c1ccc(OC(=O)c2cccc(Br)c2)cc1. The van der Waals surface area contributed by atoms with Crippen LogP contribution in [0.2, 0.25) is 0 Å². The van der Waals surface area contributed by atoms with Crippen molar-refractivity contribution in [2.24, 2.45) is 5.10 Å². The van der Waals surface area contributed by atoms with Gasteiger partial charge in [0, 0.05) is 8.95 Å². The Bertz CT molecular complexity index is 1160. The van der Waals surface area contributed by atoms with Gasteiger partial charge in [-0.3, -0.25) is 9.59 Å². The molecule has 0 atom stereocenters. The fourth-order valence-electron chi connectivity index (χ4n) is 2.52. The van der Waals surface area contributed by atoms with Crippen molar-refractivity contribution >= 4 is 55.9 Å². The lowest BCUT2D eigenvalue weighted by Crippen LogP contribution is -2.35. The molecule has 0 fully saturated rings. The number of carbonyl (C=O) groups excluding carboxylic acids is 3. The Morgan fingerprint density at radius 3 is 2.41 bits per heavy atom. The van der Waals surface area contributed by atoms with Gasteiger partial charge >= 0.3 is 5.97 Å². The lowest BCUT2D eigenvalue weighted by atomic mass is 10.2. The first-order valence-electron chi connectivity index (χ1n) is 9.35. The Morgan fingerprint density at radius 2 is 1.69 bits per heavy atom. The van der Waals surface area contributed by atoms with E-state index < -0.39 is 11.9 Å². The Morgan fingerprint density at radius 1 is 0.938 bits per heavy atom. The summed E-state index contributed by atoms with van der Waals surface area (Å²) in [7, 11) is 0. The third-order valence-corrected chi connectivity index (χ3v) is 5.27. The van der Waals surface area contributed by atoms with Gasteiger partial charge in [0.05, 0.1) is 23.9 Å². The summed E-state index contributed by atoms with van der Waals surface area (Å²) in [5.74, 6) is -0.929. The monoisotopic (exact) mass is 557 g/mol. The molecule has 2 amide bonds. The van der Waals surface area contributed by atoms with E-state index in [1.54, 1.807) is 66.7 Å². The molecule has 3 aromatic rings. The number of hydrazone groups is 1. The van der Waals surface area contributed by atoms with Crippen LogP contribution in [0.15, 0.2) is 86.8 Å². The molecule has 7 nitrogen and oxygen atoms in total. The van der Waals surface area contributed by atoms with Gasteiger partial charge in [-0.1, -0.05) is 34.1 Å². The van der Waals surface area contributed by atoms with Crippen molar-refractivity contribution in [1.82, 2.24) is 10.7 Å². The molecule has 0 heterocycles. The minimum absolute atomic E-state index is 0.220. The molecule has 0 saturated carbocycles. The number of hydrogen-bond donors (Lipinski definition) is 2. The van der Waals surface area contributed by atoms with Crippen LogP contribution >= 0.6 is 31.9 Å². The fraction of sp³-hybridized carbons (Fsp3) is 0.0435. The van der Waals surface area contributed by atoms with Gasteiger partial charge in [-0.15, -0.1) is 0 Å². The quantitative estimate of drug-likeness (QED) is 0.195. The Labute approximate surface area is 201 Å². The Balaban J connectivity index is 1.46. The number of carbonyl (C=O) groups is 3. The van der Waals surface area contributed by atoms with Crippen LogP contribution in [0, 0.1) is 0 Å². The molecule has 0 aliphatic rings. The molecule has 0 unspecified atom stereocenters. The summed E-state index contributed by atoms with van der Waals surface area (Å²) >= 11 is 6.61. The van der Waals surface area contributed by atoms with E-state index >= 15 is 0 Å². The molecule has 32 heavy (non-hydrogen) atoms. The van der Waals surface area contributed by atoms with Crippen molar-refractivity contribution in [1.29, 1.82) is 0 Å². The van der Waals surface area contributed by atoms with Gasteiger partial charge in [0.2, 0.25) is 0 Å². The number of amides is 2. The van der Waals surface area contributed by atoms with Gasteiger partial charge in [0.1, 0.15) is 5.75 Å². The average molecular weight is 559 g/mol. The van der Waals surface area contributed by atoms with Crippen LogP contribution in [0.4, 0.5) is 0 Å². The van der Waals surface area contributed by atoms with Gasteiger partial charge in [-0.05, 0) is 76.1 Å². The number of rotatable bonds is 7. The van der Waals surface area contributed by atoms with E-state index in [9.17, 15) is 14.4 Å². The molecular weight excluding hydrogens is 542 g/mol. The van der Waals surface area contributed by atoms with Crippen molar-refractivity contribution in [2.75, 3.05) is 6.54 Å². The van der Waals surface area contributed by atoms with Crippen LogP contribution in [0.25, 0.3) is 0 Å². The van der Waals surface area contributed by atoms with Gasteiger partial charge < -0.3 is 10.1 Å². The Hall–Kier alpha value is -3.30. The molecule has 9 heteroatoms. The van der Waals surface area contributed by atoms with Gasteiger partial charge in [0.25, 0.3) is 11.8 Å². The van der Waals surface area contributed by atoms with E-state index in [4.69, 9.17) is 4.74 Å². The molecule has 0 aliphatic carbocycles. The number of nitrogens with one attached hydrogen (secondary N) is 2. The fourth-order valence-corrected chi connectivity index (χ4v) is 3.39. The standard InChI is InChI=1S/C23H17Br2N3O4/c24-17-5-3-4-16(12-17)23(31)32-18-10-8-15(9-11-18)13-27-28-21(29)14-26-22(30)19-6-1-2-7-20(19)25/h1-13H,14H2,(H,26,30)(H,28,29)/b27-13+. The number of ether oxygens (including phenoxy) is 1. The smallest absolute Gasteiger partial charge is 0.343 e. The third-order valence-electron chi connectivity index (χ3n) is 4.08. The zero-order valence-corrected chi connectivity index (χ0v) is 19.7. The maximum Gasteiger partial charge on any atom is 0.343 e. The summed E-state index contributed by atoms with van der Waals surface area (Å²) in [5, 5.41) is 6.38. The number of nitrogens with zero attached hydrogens (tertiary/aromatic N) is 1. The highest BCUT2D eigenvalue weighted by atomic mass is 79.9. The zero-order valence-electron chi connectivity index (χ0n) is 16.5. The van der Waals surface area contributed by atoms with Crippen LogP contribution < -0.4 is 15.5 Å². The van der Waals surface area contributed by atoms with Crippen LogP contribution in [-0.4, -0.2) is 30.5 Å². The third kappa shape index (κ3) is 6.86. The molecule has 2 N–H and O–H groups in total. The summed E-state index contributed by atoms with van der Waals surface area (Å²) in [5.41, 5.74) is 3.89. The molecule has 0 saturated heterocycles. The lowest BCUT2D eigenvalue weighted by Gasteiger charge is -2.06. The molecular formula is C23H17Br2N3O4. The van der Waals surface area contributed by atoms with Crippen LogP contribution in [0.3, 0.4) is 0 Å². The van der Waals surface area contributed by atoms with E-state index in [2.05, 4.69) is 47.7 Å². The maximum atomic E-state index is 12.2. The molecule has 3 rings (SSSR count). The van der Waals surface area contributed by atoms with E-state index in [-0.39, 0.29) is 12.5 Å². The van der Waals surface area contributed by atoms with E-state index in [0.29, 0.717) is 26.9 Å². The normalized spacial score (nSPS) is 10.6. The second-order valence-corrected chi connectivity index (χ2v) is 8.19. The maximum absolute atomic E-state index is 12.2. The van der Waals surface area contributed by atoms with Crippen molar-refractivity contribution in [3.05, 3.63) is 98.4 Å². The van der Waals surface area contributed by atoms with E-state index in [0.717, 1.165) is 4.47 Å². The molecule has 0 aromatic heterocycles. The van der Waals surface area contributed by atoms with Crippen molar-refractivity contribution in [3.63, 3.8) is 0 Å². The van der Waals surface area contributed by atoms with Crippen LogP contribution in [0.1, 0.15) is 26.3 Å². The molecule has 0 spiro atoms. The molecule has 3 aromatic carbocycles. The van der Waals surface area contributed by atoms with Crippen molar-refractivity contribution < 1.29 is 19.1 Å². The minimum Gasteiger partial charge on any atom is -0.423 e. The Kier molecular flexibility index (Phi) is 8.29. The van der Waals surface area contributed by atoms with Gasteiger partial charge in [0.15, 0.2) is 0 Å². The second kappa shape index (κ2) is 11.4. The van der Waals surface area contributed by atoms with E-state index in [1.807, 2.05) is 6.07 Å². The summed E-state index contributed by atoms with van der Waals surface area (Å²) in [6, 6.07) is 20.4. The molecule has 0 aliphatic heterocycles. The first-order valence-corrected chi connectivity index (χ1v) is 10.9. The zero-order chi connectivity index (χ0) is 22.9. The number of hydrogen-bond acceptors (Lipinski definition) is 5. The summed E-state index contributed by atoms with van der Waals surface area (Å²) in [6.45, 7) is -0.220. The first-order chi connectivity index (χ1) is 15.4. The van der Waals surface area contributed by atoms with Crippen LogP contribution in [-0.2, 0) is 4.79 Å². The predicted molar refractivity (Wildman–Crippen MR) is 128 cm³/mol. The minimum atomic E-state index is -0.471. The number of esters is 1. The highest BCUT2D eigenvalue weighted by Crippen LogP contribution is 2.17. The number of halogens is 2. The highest BCUT2D eigenvalue weighted by Gasteiger charge is 2.11. The van der Waals surface area contributed by atoms with Crippen molar-refractivity contribution in [3.8, 4) is 5.75 Å². The first kappa shape index (κ1) is 23.4. The molecule has 0 radical (unpaired) electrons. The van der Waals surface area contributed by atoms with Crippen LogP contribution in [0.5, 0.6) is 5.75 Å². The van der Waals surface area contributed by atoms with Gasteiger partial charge in [-0.2, -0.15) is 5.10 Å². The summed E-state index contributed by atoms with van der Waals surface area (Å²) < 4.78 is 6.76. The van der Waals surface area contributed by atoms with Crippen molar-refractivity contribution in [2.45, 2.75) is 0 Å². The topological polar surface area (TPSA) is 96.9 Å². The second-order valence-electron chi connectivity index (χ2n) is 6.42. The van der Waals surface area contributed by atoms with Gasteiger partial charge in [-0.25, -0.2) is 10.2 Å². The molecule has 0 bridgehead atoms. The average Bonchev–Trinajstić information content (AvgIpc) is 2.79. The summed E-state index contributed by atoms with van der Waals surface area (Å²) in [6.07, 6.45) is 1.44. The number of benzene rings is 3. The lowest BCUT2D eigenvalue weighted by molar-refractivity contribution is -0.120. The van der Waals surface area contributed by atoms with E-state index in [1.165, 1.54) is 6.21 Å².